The zero-order chi connectivity index (χ0) is 14.5. The molecule has 3 nitrogen and oxygen atoms in total. The summed E-state index contributed by atoms with van der Waals surface area (Å²) in [6.07, 6.45) is 5.90. The molecule has 1 aliphatic carbocycles. The Hall–Kier alpha value is 0.200. The molecule has 19 heavy (non-hydrogen) atoms. The Kier molecular flexibility index (Phi) is 6.61. The molecule has 0 radical (unpaired) electrons. The van der Waals surface area contributed by atoms with Crippen LogP contribution in [0, 0.1) is 11.3 Å². The SMILES string of the molecule is CCC(C)(C)C1CCC(NS(=O)(=O)CCCCl)CC1. The van der Waals surface area contributed by atoms with Crippen molar-refractivity contribution >= 4 is 21.6 Å². The van der Waals surface area contributed by atoms with Crippen molar-refractivity contribution in [2.45, 2.75) is 65.3 Å². The molecule has 0 spiro atoms. The highest BCUT2D eigenvalue weighted by atomic mass is 35.5. The molecule has 0 unspecified atom stereocenters. The summed E-state index contributed by atoms with van der Waals surface area (Å²) in [6.45, 7) is 6.88. The van der Waals surface area contributed by atoms with Crippen molar-refractivity contribution < 1.29 is 8.42 Å². The van der Waals surface area contributed by atoms with Crippen LogP contribution in [-0.2, 0) is 10.0 Å². The van der Waals surface area contributed by atoms with E-state index in [2.05, 4.69) is 25.5 Å². The second-order valence-electron chi connectivity index (χ2n) is 6.37. The predicted molar refractivity (Wildman–Crippen MR) is 82.1 cm³/mol. The van der Waals surface area contributed by atoms with Gasteiger partial charge in [-0.25, -0.2) is 13.1 Å². The van der Waals surface area contributed by atoms with Gasteiger partial charge in [0.05, 0.1) is 5.75 Å². The summed E-state index contributed by atoms with van der Waals surface area (Å²) in [6, 6.07) is 0.129. The van der Waals surface area contributed by atoms with E-state index in [-0.39, 0.29) is 11.8 Å². The molecule has 0 bridgehead atoms. The molecule has 0 atom stereocenters. The summed E-state index contributed by atoms with van der Waals surface area (Å²) < 4.78 is 26.5. The van der Waals surface area contributed by atoms with Crippen LogP contribution in [0.15, 0.2) is 0 Å². The molecule has 0 saturated heterocycles. The van der Waals surface area contributed by atoms with Crippen LogP contribution in [0.5, 0.6) is 0 Å². The molecule has 1 rings (SSSR count). The van der Waals surface area contributed by atoms with Gasteiger partial charge in [-0.1, -0.05) is 27.2 Å². The van der Waals surface area contributed by atoms with Crippen molar-refractivity contribution in [1.82, 2.24) is 4.72 Å². The molecule has 0 aromatic rings. The lowest BCUT2D eigenvalue weighted by Gasteiger charge is -2.39. The highest BCUT2D eigenvalue weighted by Gasteiger charge is 2.32. The number of rotatable bonds is 7. The molecule has 0 aliphatic heterocycles. The smallest absolute Gasteiger partial charge is 0.211 e. The van der Waals surface area contributed by atoms with Crippen LogP contribution >= 0.6 is 11.6 Å². The molecule has 1 saturated carbocycles. The number of hydrogen-bond donors (Lipinski definition) is 1. The van der Waals surface area contributed by atoms with Crippen LogP contribution in [0.4, 0.5) is 0 Å². The van der Waals surface area contributed by atoms with Crippen molar-refractivity contribution in [3.8, 4) is 0 Å². The van der Waals surface area contributed by atoms with Gasteiger partial charge in [-0.15, -0.1) is 11.6 Å². The Morgan fingerprint density at radius 1 is 1.21 bits per heavy atom. The lowest BCUT2D eigenvalue weighted by atomic mass is 9.69. The van der Waals surface area contributed by atoms with Gasteiger partial charge in [0.2, 0.25) is 10.0 Å². The van der Waals surface area contributed by atoms with Crippen molar-refractivity contribution in [1.29, 1.82) is 0 Å². The Labute approximate surface area is 123 Å². The first-order valence-corrected chi connectivity index (χ1v) is 9.55. The van der Waals surface area contributed by atoms with Crippen LogP contribution < -0.4 is 4.72 Å². The summed E-state index contributed by atoms with van der Waals surface area (Å²) in [7, 11) is -3.14. The summed E-state index contributed by atoms with van der Waals surface area (Å²) in [4.78, 5) is 0. The molecule has 0 amide bonds. The molecule has 0 aromatic heterocycles. The van der Waals surface area contributed by atoms with Crippen LogP contribution in [0.2, 0.25) is 0 Å². The second-order valence-corrected chi connectivity index (χ2v) is 8.62. The quantitative estimate of drug-likeness (QED) is 0.731. The van der Waals surface area contributed by atoms with Crippen molar-refractivity contribution in [2.24, 2.45) is 11.3 Å². The fourth-order valence-electron chi connectivity index (χ4n) is 2.84. The van der Waals surface area contributed by atoms with Crippen LogP contribution in [-0.4, -0.2) is 26.1 Å². The van der Waals surface area contributed by atoms with Gasteiger partial charge in [0.25, 0.3) is 0 Å². The van der Waals surface area contributed by atoms with Gasteiger partial charge in [-0.05, 0) is 43.4 Å². The van der Waals surface area contributed by atoms with Gasteiger partial charge in [0, 0.05) is 11.9 Å². The fraction of sp³-hybridized carbons (Fsp3) is 1.00. The third-order valence-electron chi connectivity index (χ3n) is 4.64. The molecule has 0 heterocycles. The van der Waals surface area contributed by atoms with E-state index in [0.29, 0.717) is 17.7 Å². The van der Waals surface area contributed by atoms with Crippen molar-refractivity contribution in [3.63, 3.8) is 0 Å². The van der Waals surface area contributed by atoms with E-state index in [1.165, 1.54) is 6.42 Å². The van der Waals surface area contributed by atoms with Gasteiger partial charge >= 0.3 is 0 Å². The molecule has 1 fully saturated rings. The van der Waals surface area contributed by atoms with Crippen LogP contribution in [0.1, 0.15) is 59.3 Å². The maximum atomic E-state index is 11.8. The van der Waals surface area contributed by atoms with Gasteiger partial charge in [0.15, 0.2) is 0 Å². The topological polar surface area (TPSA) is 46.2 Å². The van der Waals surface area contributed by atoms with E-state index in [9.17, 15) is 8.42 Å². The fourth-order valence-corrected chi connectivity index (χ4v) is 4.52. The highest BCUT2D eigenvalue weighted by molar-refractivity contribution is 7.89. The standard InChI is InChI=1S/C14H28ClNO2S/c1-4-14(2,3)12-6-8-13(9-7-12)16-19(17,18)11-5-10-15/h12-13,16H,4-11H2,1-3H3. The first-order valence-electron chi connectivity index (χ1n) is 7.36. The molecule has 1 N–H and O–H groups in total. The zero-order valence-corrected chi connectivity index (χ0v) is 14.0. The molecule has 5 heteroatoms. The average Bonchev–Trinajstić information content (AvgIpc) is 2.36. The minimum Gasteiger partial charge on any atom is -0.212 e. The zero-order valence-electron chi connectivity index (χ0n) is 12.4. The third-order valence-corrected chi connectivity index (χ3v) is 6.42. The summed E-state index contributed by atoms with van der Waals surface area (Å²) in [5.74, 6) is 1.27. The van der Waals surface area contributed by atoms with Crippen molar-refractivity contribution in [3.05, 3.63) is 0 Å². The van der Waals surface area contributed by atoms with Gasteiger partial charge < -0.3 is 0 Å². The maximum absolute atomic E-state index is 11.8. The molecule has 114 valence electrons. The largest absolute Gasteiger partial charge is 0.212 e. The van der Waals surface area contributed by atoms with Gasteiger partial charge in [-0.2, -0.15) is 0 Å². The molecule has 0 aromatic carbocycles. The van der Waals surface area contributed by atoms with E-state index < -0.39 is 10.0 Å². The van der Waals surface area contributed by atoms with Crippen LogP contribution in [0.3, 0.4) is 0 Å². The number of nitrogens with one attached hydrogen (secondary N) is 1. The lowest BCUT2D eigenvalue weighted by molar-refractivity contribution is 0.142. The number of hydrogen-bond acceptors (Lipinski definition) is 2. The monoisotopic (exact) mass is 309 g/mol. The Morgan fingerprint density at radius 3 is 2.26 bits per heavy atom. The number of alkyl halides is 1. The molecular formula is C14H28ClNO2S. The van der Waals surface area contributed by atoms with E-state index in [1.54, 1.807) is 0 Å². The average molecular weight is 310 g/mol. The lowest BCUT2D eigenvalue weighted by Crippen LogP contribution is -2.40. The van der Waals surface area contributed by atoms with E-state index >= 15 is 0 Å². The van der Waals surface area contributed by atoms with Gasteiger partial charge in [0.1, 0.15) is 0 Å². The maximum Gasteiger partial charge on any atom is 0.211 e. The predicted octanol–water partition coefficient (Wildman–Crippen LogP) is 3.53. The summed E-state index contributed by atoms with van der Waals surface area (Å²) >= 11 is 5.54. The van der Waals surface area contributed by atoms with Crippen LogP contribution in [0.25, 0.3) is 0 Å². The molecular weight excluding hydrogens is 282 g/mol. The second kappa shape index (κ2) is 7.28. The van der Waals surface area contributed by atoms with E-state index in [0.717, 1.165) is 31.6 Å². The first kappa shape index (κ1) is 17.3. The minimum absolute atomic E-state index is 0.129. The first-order chi connectivity index (χ1) is 8.80. The normalized spacial score (nSPS) is 25.5. The Balaban J connectivity index is 2.42. The third kappa shape index (κ3) is 5.60. The van der Waals surface area contributed by atoms with Crippen molar-refractivity contribution in [2.75, 3.05) is 11.6 Å². The Bertz CT molecular complexity index is 360. The molecule has 1 aliphatic rings. The summed E-state index contributed by atoms with van der Waals surface area (Å²) in [5, 5.41) is 0. The highest BCUT2D eigenvalue weighted by Crippen LogP contribution is 2.40. The van der Waals surface area contributed by atoms with E-state index in [1.807, 2.05) is 0 Å². The van der Waals surface area contributed by atoms with Gasteiger partial charge in [-0.3, -0.25) is 0 Å². The Morgan fingerprint density at radius 2 is 1.79 bits per heavy atom. The summed E-state index contributed by atoms with van der Waals surface area (Å²) in [5.41, 5.74) is 0.377. The number of halogens is 1. The minimum atomic E-state index is -3.14. The number of sulfonamides is 1. The van der Waals surface area contributed by atoms with E-state index in [4.69, 9.17) is 11.6 Å².